The average Bonchev–Trinajstić information content (AvgIpc) is 3.66. The molecule has 0 bridgehead atoms. The van der Waals surface area contributed by atoms with Crippen LogP contribution < -0.4 is 28.4 Å². The number of halogens is 2. The molecule has 1 saturated heterocycles. The Labute approximate surface area is 355 Å². The summed E-state index contributed by atoms with van der Waals surface area (Å²) < 4.78 is 33.7. The van der Waals surface area contributed by atoms with Crippen molar-refractivity contribution in [2.45, 2.75) is 64.4 Å². The smallest absolute Gasteiger partial charge is 0.260 e. The van der Waals surface area contributed by atoms with Crippen molar-refractivity contribution in [3.63, 3.8) is 0 Å². The second-order valence-corrected chi connectivity index (χ2v) is 16.2. The summed E-state index contributed by atoms with van der Waals surface area (Å²) >= 11 is 5.85. The lowest BCUT2D eigenvalue weighted by molar-refractivity contribution is -0.135. The van der Waals surface area contributed by atoms with E-state index in [-0.39, 0.29) is 55.2 Å². The van der Waals surface area contributed by atoms with Gasteiger partial charge in [-0.2, -0.15) is 0 Å². The third kappa shape index (κ3) is 10.2. The molecule has 8 rings (SSSR count). The van der Waals surface area contributed by atoms with Crippen molar-refractivity contribution in [1.29, 1.82) is 0 Å². The topological polar surface area (TPSA) is 136 Å². The van der Waals surface area contributed by atoms with Crippen LogP contribution in [0.5, 0.6) is 40.2 Å². The predicted octanol–water partition coefficient (Wildman–Crippen LogP) is 7.30. The molecule has 4 aromatic carbocycles. The first-order valence-corrected chi connectivity index (χ1v) is 19.7. The lowest BCUT2D eigenvalue weighted by atomic mass is 9.89. The number of aliphatic hydroxyl groups is 1. The summed E-state index contributed by atoms with van der Waals surface area (Å²) in [5.74, 6) is 3.64. The largest absolute Gasteiger partial charge is 0.507 e. The van der Waals surface area contributed by atoms with Crippen molar-refractivity contribution in [3.8, 4) is 40.2 Å². The highest BCUT2D eigenvalue weighted by Crippen LogP contribution is 2.41. The Balaban J connectivity index is 0.000000197. The van der Waals surface area contributed by atoms with Crippen LogP contribution in [0.1, 0.15) is 60.3 Å². The van der Waals surface area contributed by atoms with Gasteiger partial charge in [-0.15, -0.1) is 12.4 Å². The highest BCUT2D eigenvalue weighted by Gasteiger charge is 2.37. The maximum Gasteiger partial charge on any atom is 0.260 e. The highest BCUT2D eigenvalue weighted by molar-refractivity contribution is 6.30. The lowest BCUT2D eigenvalue weighted by Gasteiger charge is -2.37. The van der Waals surface area contributed by atoms with E-state index in [2.05, 4.69) is 11.0 Å². The van der Waals surface area contributed by atoms with E-state index in [9.17, 15) is 19.8 Å². The van der Waals surface area contributed by atoms with Crippen LogP contribution in [0.3, 0.4) is 0 Å². The van der Waals surface area contributed by atoms with Gasteiger partial charge in [0.15, 0.2) is 23.9 Å². The second kappa shape index (κ2) is 18.0. The molecule has 314 valence electrons. The fourth-order valence-electron chi connectivity index (χ4n) is 7.24. The molecule has 4 aliphatic rings. The van der Waals surface area contributed by atoms with E-state index in [1.807, 2.05) is 55.2 Å². The second-order valence-electron chi connectivity index (χ2n) is 15.8. The Morgan fingerprint density at radius 2 is 1.59 bits per heavy atom. The molecule has 4 aliphatic heterocycles. The molecule has 0 spiro atoms. The number of carbonyl (C=O) groups excluding carboxylic acids is 2. The summed E-state index contributed by atoms with van der Waals surface area (Å²) in [4.78, 5) is 29.6. The first-order chi connectivity index (χ1) is 27.7. The van der Waals surface area contributed by atoms with E-state index in [0.29, 0.717) is 58.7 Å². The number of phenols is 1. The zero-order chi connectivity index (χ0) is 41.2. The van der Waals surface area contributed by atoms with Crippen molar-refractivity contribution >= 4 is 41.8 Å². The minimum absolute atomic E-state index is 0. The normalized spacial score (nSPS) is 18.1. The van der Waals surface area contributed by atoms with Gasteiger partial charge in [0, 0.05) is 62.2 Å². The van der Waals surface area contributed by atoms with Gasteiger partial charge in [-0.1, -0.05) is 23.7 Å². The third-order valence-electron chi connectivity index (χ3n) is 10.6. The maximum absolute atomic E-state index is 13.1. The number of hydrogen-bond acceptors (Lipinski definition) is 11. The first kappa shape index (κ1) is 43.4. The summed E-state index contributed by atoms with van der Waals surface area (Å²) in [6.07, 6.45) is 3.59. The van der Waals surface area contributed by atoms with E-state index in [0.717, 1.165) is 36.7 Å². The van der Waals surface area contributed by atoms with E-state index < -0.39 is 17.3 Å². The Bertz CT molecular complexity index is 2200. The molecule has 12 nitrogen and oxygen atoms in total. The number of fused-ring (bicyclic) bond motifs is 3. The monoisotopic (exact) mass is 848 g/mol. The minimum atomic E-state index is -0.758. The molecule has 1 atom stereocenters. The van der Waals surface area contributed by atoms with Crippen LogP contribution in [0.4, 0.5) is 0 Å². The standard InChI is InChI=1S/C25H28O6.C20H21ClN2O4.ClH/c1-24(2)9-8-16-20(30-24)7-6-14(23(16)29-5)11-18(26)17-10-15-12-22(28)25(3,4)31-21(15)13-19(17)27;21-16-2-4-17(5-3-16)25-13-20(24)23-9-7-22(8-10-23)12-15-1-6-18-19(11-15)27-14-26-18;/h6-10,13,22,27-28H,11-12H2,1-5H3;1-6,11H,7-10,12-14H2;1H. The predicted molar refractivity (Wildman–Crippen MR) is 226 cm³/mol. The first-order valence-electron chi connectivity index (χ1n) is 19.3. The van der Waals surface area contributed by atoms with Crippen molar-refractivity contribution in [1.82, 2.24) is 9.80 Å². The molecule has 14 heteroatoms. The summed E-state index contributed by atoms with van der Waals surface area (Å²) in [6.45, 7) is 11.8. The van der Waals surface area contributed by atoms with E-state index >= 15 is 0 Å². The molecule has 0 aromatic heterocycles. The van der Waals surface area contributed by atoms with Gasteiger partial charge in [0.05, 0.1) is 24.3 Å². The molecule has 0 radical (unpaired) electrons. The summed E-state index contributed by atoms with van der Waals surface area (Å²) in [5.41, 5.74) is 2.40. The number of nitrogens with zero attached hydrogens (tertiary/aromatic N) is 2. The highest BCUT2D eigenvalue weighted by atomic mass is 35.5. The van der Waals surface area contributed by atoms with Gasteiger partial charge < -0.3 is 43.5 Å². The fraction of sp³-hybridized carbons (Fsp3) is 0.378. The van der Waals surface area contributed by atoms with Gasteiger partial charge in [-0.3, -0.25) is 14.5 Å². The van der Waals surface area contributed by atoms with Crippen molar-refractivity contribution < 1.29 is 48.2 Å². The average molecular weight is 850 g/mol. The molecular weight excluding hydrogens is 799 g/mol. The van der Waals surface area contributed by atoms with Crippen LogP contribution in [0.25, 0.3) is 6.08 Å². The minimum Gasteiger partial charge on any atom is -0.507 e. The number of aliphatic hydroxyl groups excluding tert-OH is 1. The molecule has 59 heavy (non-hydrogen) atoms. The number of phenolic OH excluding ortho intramolecular Hbond substituents is 1. The van der Waals surface area contributed by atoms with Crippen LogP contribution in [0.2, 0.25) is 5.02 Å². The van der Waals surface area contributed by atoms with E-state index in [1.54, 1.807) is 51.3 Å². The van der Waals surface area contributed by atoms with Gasteiger partial charge >= 0.3 is 0 Å². The van der Waals surface area contributed by atoms with Crippen LogP contribution in [-0.2, 0) is 24.2 Å². The molecule has 4 aromatic rings. The number of amides is 1. The van der Waals surface area contributed by atoms with Crippen molar-refractivity contribution in [3.05, 3.63) is 106 Å². The number of ether oxygens (including phenoxy) is 6. The van der Waals surface area contributed by atoms with Gasteiger partial charge in [-0.05, 0) is 99.5 Å². The SMILES string of the molecule is COc1c(CC(=O)c2cc3c(cc2O)OC(C)(C)C(O)C3)ccc2c1C=CC(C)(C)O2.Cl.O=C(COc1ccc(Cl)cc1)N1CCN(Cc2ccc3c(c2)OCO3)CC1. The van der Waals surface area contributed by atoms with E-state index in [1.165, 1.54) is 11.6 Å². The number of hydrogen-bond donors (Lipinski definition) is 2. The lowest BCUT2D eigenvalue weighted by Crippen LogP contribution is -2.49. The van der Waals surface area contributed by atoms with Gasteiger partial charge in [-0.25, -0.2) is 0 Å². The van der Waals surface area contributed by atoms with Gasteiger partial charge in [0.25, 0.3) is 5.91 Å². The Hall–Kier alpha value is -5.14. The van der Waals surface area contributed by atoms with Crippen LogP contribution in [0.15, 0.2) is 72.8 Å². The van der Waals surface area contributed by atoms with Crippen LogP contribution in [-0.4, -0.2) is 95.7 Å². The van der Waals surface area contributed by atoms with Crippen molar-refractivity contribution in [2.24, 2.45) is 0 Å². The number of aromatic hydroxyl groups is 1. The van der Waals surface area contributed by atoms with Gasteiger partial charge in [0.2, 0.25) is 6.79 Å². The number of carbonyl (C=O) groups is 2. The van der Waals surface area contributed by atoms with Crippen LogP contribution >= 0.6 is 24.0 Å². The summed E-state index contributed by atoms with van der Waals surface area (Å²) in [7, 11) is 1.56. The zero-order valence-corrected chi connectivity index (χ0v) is 35.4. The summed E-state index contributed by atoms with van der Waals surface area (Å²) in [5, 5.41) is 21.5. The quantitative estimate of drug-likeness (QED) is 0.164. The molecule has 4 heterocycles. The maximum atomic E-state index is 13.1. The van der Waals surface area contributed by atoms with E-state index in [4.69, 9.17) is 40.0 Å². The number of Topliss-reactive ketones (excluding diaryl/α,β-unsaturated/α-hetero) is 1. The molecule has 1 unspecified atom stereocenters. The molecular formula is C45H50Cl2N2O10. The number of ketones is 1. The Kier molecular flexibility index (Phi) is 13.3. The fourth-order valence-corrected chi connectivity index (χ4v) is 7.37. The third-order valence-corrected chi connectivity index (χ3v) is 10.9. The number of rotatable bonds is 9. The van der Waals surface area contributed by atoms with Crippen LogP contribution in [0, 0.1) is 0 Å². The summed E-state index contributed by atoms with van der Waals surface area (Å²) in [6, 6.07) is 19.8. The zero-order valence-electron chi connectivity index (χ0n) is 33.8. The molecule has 0 aliphatic carbocycles. The molecule has 0 saturated carbocycles. The Morgan fingerprint density at radius 3 is 2.32 bits per heavy atom. The number of benzene rings is 4. The number of methoxy groups -OCH3 is 1. The molecule has 1 fully saturated rings. The Morgan fingerprint density at radius 1 is 0.881 bits per heavy atom. The molecule has 2 N–H and O–H groups in total. The number of piperazine rings is 1. The molecule has 1 amide bonds. The van der Waals surface area contributed by atoms with Gasteiger partial charge in [0.1, 0.15) is 39.9 Å². The van der Waals surface area contributed by atoms with Crippen molar-refractivity contribution in [2.75, 3.05) is 46.7 Å².